The molecule has 0 aliphatic carbocycles. The Morgan fingerprint density at radius 1 is 1.38 bits per heavy atom. The Labute approximate surface area is 144 Å². The summed E-state index contributed by atoms with van der Waals surface area (Å²) < 4.78 is 0. The van der Waals surface area contributed by atoms with Gasteiger partial charge in [0.15, 0.2) is 0 Å². The average Bonchev–Trinajstić information content (AvgIpc) is 2.95. The zero-order valence-corrected chi connectivity index (χ0v) is 15.0. The lowest BCUT2D eigenvalue weighted by atomic mass is 10.1. The molecule has 0 fully saturated rings. The number of likely N-dealkylation sites (N-methyl/N-ethyl adjacent to an activating group) is 1. The standard InChI is InChI=1S/C18H30N4O2/c1-4-22(5-2)11-9-16(13-23)20-18(24)19-15-7-6-14-8-10-21(3)17(14)12-15/h6-7,12,16,23H,4-5,8-11,13H2,1-3H3,(H2,19,20,24)/t16-/m0/s1. The lowest BCUT2D eigenvalue weighted by Gasteiger charge is -2.22. The van der Waals surface area contributed by atoms with Crippen LogP contribution in [0.1, 0.15) is 25.8 Å². The lowest BCUT2D eigenvalue weighted by molar-refractivity contribution is 0.206. The van der Waals surface area contributed by atoms with Crippen LogP contribution in [0.3, 0.4) is 0 Å². The van der Waals surface area contributed by atoms with Crippen LogP contribution < -0.4 is 15.5 Å². The quantitative estimate of drug-likeness (QED) is 0.679. The van der Waals surface area contributed by atoms with Gasteiger partial charge in [-0.2, -0.15) is 0 Å². The number of nitrogens with one attached hydrogen (secondary N) is 2. The van der Waals surface area contributed by atoms with E-state index in [4.69, 9.17) is 0 Å². The number of amides is 2. The Bertz CT molecular complexity index is 546. The normalized spacial score (nSPS) is 14.6. The first-order chi connectivity index (χ1) is 11.6. The third kappa shape index (κ3) is 4.85. The number of fused-ring (bicyclic) bond motifs is 1. The first-order valence-corrected chi connectivity index (χ1v) is 8.82. The van der Waals surface area contributed by atoms with Gasteiger partial charge in [-0.05, 0) is 43.6 Å². The molecule has 24 heavy (non-hydrogen) atoms. The van der Waals surface area contributed by atoms with Crippen molar-refractivity contribution in [2.45, 2.75) is 32.7 Å². The van der Waals surface area contributed by atoms with Gasteiger partial charge in [0.05, 0.1) is 12.6 Å². The average molecular weight is 334 g/mol. The molecule has 1 atom stereocenters. The van der Waals surface area contributed by atoms with E-state index in [1.165, 1.54) is 11.3 Å². The van der Waals surface area contributed by atoms with E-state index in [0.29, 0.717) is 0 Å². The molecule has 2 rings (SSSR count). The highest BCUT2D eigenvalue weighted by Crippen LogP contribution is 2.29. The largest absolute Gasteiger partial charge is 0.394 e. The first-order valence-electron chi connectivity index (χ1n) is 8.82. The summed E-state index contributed by atoms with van der Waals surface area (Å²) >= 11 is 0. The molecular weight excluding hydrogens is 304 g/mol. The van der Waals surface area contributed by atoms with Crippen LogP contribution in [0.5, 0.6) is 0 Å². The number of nitrogens with zero attached hydrogens (tertiary/aromatic N) is 2. The lowest BCUT2D eigenvalue weighted by Crippen LogP contribution is -2.42. The number of anilines is 2. The Morgan fingerprint density at radius 3 is 2.79 bits per heavy atom. The predicted octanol–water partition coefficient (Wildman–Crippen LogP) is 1.89. The van der Waals surface area contributed by atoms with E-state index in [1.807, 2.05) is 12.1 Å². The predicted molar refractivity (Wildman–Crippen MR) is 98.8 cm³/mol. The molecule has 1 aromatic carbocycles. The molecule has 0 spiro atoms. The summed E-state index contributed by atoms with van der Waals surface area (Å²) in [6.07, 6.45) is 1.79. The van der Waals surface area contributed by atoms with E-state index in [0.717, 1.165) is 44.7 Å². The smallest absolute Gasteiger partial charge is 0.319 e. The van der Waals surface area contributed by atoms with Crippen LogP contribution in [0.4, 0.5) is 16.2 Å². The number of urea groups is 1. The van der Waals surface area contributed by atoms with Gasteiger partial charge in [0.1, 0.15) is 0 Å². The number of carbonyl (C=O) groups is 1. The van der Waals surface area contributed by atoms with Crippen molar-refractivity contribution in [3.8, 4) is 0 Å². The molecule has 0 aromatic heterocycles. The van der Waals surface area contributed by atoms with Gasteiger partial charge in [0.25, 0.3) is 0 Å². The second kappa shape index (κ2) is 8.89. The van der Waals surface area contributed by atoms with Gasteiger partial charge < -0.3 is 25.5 Å². The molecule has 0 saturated carbocycles. The molecule has 6 heteroatoms. The van der Waals surface area contributed by atoms with Gasteiger partial charge in [-0.15, -0.1) is 0 Å². The second-order valence-corrected chi connectivity index (χ2v) is 6.31. The maximum Gasteiger partial charge on any atom is 0.319 e. The molecule has 3 N–H and O–H groups in total. The Kier molecular flexibility index (Phi) is 6.87. The van der Waals surface area contributed by atoms with E-state index in [1.54, 1.807) is 0 Å². The molecule has 0 radical (unpaired) electrons. The van der Waals surface area contributed by atoms with Crippen molar-refractivity contribution in [2.75, 3.05) is 50.1 Å². The number of hydrogen-bond acceptors (Lipinski definition) is 4. The highest BCUT2D eigenvalue weighted by molar-refractivity contribution is 5.90. The van der Waals surface area contributed by atoms with Gasteiger partial charge in [0, 0.05) is 31.5 Å². The van der Waals surface area contributed by atoms with Crippen LogP contribution >= 0.6 is 0 Å². The van der Waals surface area contributed by atoms with Crippen molar-refractivity contribution < 1.29 is 9.90 Å². The van der Waals surface area contributed by atoms with Crippen LogP contribution in [0.2, 0.25) is 0 Å². The van der Waals surface area contributed by atoms with Crippen LogP contribution in [0.25, 0.3) is 0 Å². The van der Waals surface area contributed by atoms with Crippen molar-refractivity contribution >= 4 is 17.4 Å². The summed E-state index contributed by atoms with van der Waals surface area (Å²) in [6.45, 7) is 8.00. The molecule has 6 nitrogen and oxygen atoms in total. The number of benzene rings is 1. The van der Waals surface area contributed by atoms with Crippen LogP contribution in [0, 0.1) is 0 Å². The number of aliphatic hydroxyl groups is 1. The van der Waals surface area contributed by atoms with E-state index in [2.05, 4.69) is 47.4 Å². The minimum absolute atomic E-state index is 0.0540. The fourth-order valence-corrected chi connectivity index (χ4v) is 3.06. The monoisotopic (exact) mass is 334 g/mol. The van der Waals surface area contributed by atoms with Gasteiger partial charge in [-0.3, -0.25) is 0 Å². The summed E-state index contributed by atoms with van der Waals surface area (Å²) in [5.41, 5.74) is 3.27. The highest BCUT2D eigenvalue weighted by Gasteiger charge is 2.17. The van der Waals surface area contributed by atoms with E-state index >= 15 is 0 Å². The van der Waals surface area contributed by atoms with Gasteiger partial charge >= 0.3 is 6.03 Å². The minimum atomic E-state index is -0.269. The summed E-state index contributed by atoms with van der Waals surface area (Å²) in [4.78, 5) is 16.7. The highest BCUT2D eigenvalue weighted by atomic mass is 16.3. The zero-order valence-electron chi connectivity index (χ0n) is 15.0. The Morgan fingerprint density at radius 2 is 2.12 bits per heavy atom. The van der Waals surface area contributed by atoms with Gasteiger partial charge in [0.2, 0.25) is 0 Å². The molecule has 1 aliphatic heterocycles. The molecule has 0 unspecified atom stereocenters. The minimum Gasteiger partial charge on any atom is -0.394 e. The number of rotatable bonds is 8. The fraction of sp³-hybridized carbons (Fsp3) is 0.611. The number of hydrogen-bond donors (Lipinski definition) is 3. The maximum absolute atomic E-state index is 12.2. The first kappa shape index (κ1) is 18.5. The zero-order chi connectivity index (χ0) is 17.5. The summed E-state index contributed by atoms with van der Waals surface area (Å²) in [5.74, 6) is 0. The number of aliphatic hydroxyl groups excluding tert-OH is 1. The molecule has 1 aromatic rings. The van der Waals surface area contributed by atoms with Crippen molar-refractivity contribution in [3.63, 3.8) is 0 Å². The molecule has 1 heterocycles. The Balaban J connectivity index is 1.86. The third-order valence-corrected chi connectivity index (χ3v) is 4.71. The van der Waals surface area contributed by atoms with E-state index in [-0.39, 0.29) is 18.7 Å². The second-order valence-electron chi connectivity index (χ2n) is 6.31. The molecule has 0 bridgehead atoms. The molecule has 0 saturated heterocycles. The third-order valence-electron chi connectivity index (χ3n) is 4.71. The number of carbonyl (C=O) groups excluding carboxylic acids is 1. The topological polar surface area (TPSA) is 67.8 Å². The van der Waals surface area contributed by atoms with Gasteiger partial charge in [-0.25, -0.2) is 4.79 Å². The van der Waals surface area contributed by atoms with Crippen molar-refractivity contribution in [1.29, 1.82) is 0 Å². The van der Waals surface area contributed by atoms with Crippen molar-refractivity contribution in [2.24, 2.45) is 0 Å². The maximum atomic E-state index is 12.2. The van der Waals surface area contributed by atoms with E-state index in [9.17, 15) is 9.90 Å². The Hall–Kier alpha value is -1.79. The van der Waals surface area contributed by atoms with Crippen molar-refractivity contribution in [1.82, 2.24) is 10.2 Å². The van der Waals surface area contributed by atoms with Crippen LogP contribution in [-0.2, 0) is 6.42 Å². The van der Waals surface area contributed by atoms with E-state index < -0.39 is 0 Å². The summed E-state index contributed by atoms with van der Waals surface area (Å²) in [5, 5.41) is 15.2. The fourth-order valence-electron chi connectivity index (χ4n) is 3.06. The SMILES string of the molecule is CCN(CC)CC[C@@H](CO)NC(=O)Nc1ccc2c(c1)N(C)CC2. The summed E-state index contributed by atoms with van der Waals surface area (Å²) in [7, 11) is 2.06. The molecular formula is C18H30N4O2. The van der Waals surface area contributed by atoms with Crippen LogP contribution in [-0.4, -0.2) is 61.9 Å². The molecule has 1 aliphatic rings. The summed E-state index contributed by atoms with van der Waals surface area (Å²) in [6, 6.07) is 5.50. The molecule has 134 valence electrons. The van der Waals surface area contributed by atoms with Gasteiger partial charge in [-0.1, -0.05) is 19.9 Å². The van der Waals surface area contributed by atoms with Crippen molar-refractivity contribution in [3.05, 3.63) is 23.8 Å². The molecule has 2 amide bonds. The van der Waals surface area contributed by atoms with Crippen LogP contribution in [0.15, 0.2) is 18.2 Å².